The molecule has 0 saturated heterocycles. The second kappa shape index (κ2) is 6.97. The van der Waals surface area contributed by atoms with Gasteiger partial charge in [-0.2, -0.15) is 0 Å². The largest absolute Gasteiger partial charge is 0.484 e. The molecule has 0 spiro atoms. The lowest BCUT2D eigenvalue weighted by molar-refractivity contribution is -0.119. The van der Waals surface area contributed by atoms with E-state index in [1.165, 1.54) is 0 Å². The van der Waals surface area contributed by atoms with Crippen LogP contribution < -0.4 is 16.0 Å². The molecule has 7 N–H and O–H groups in total. The first-order chi connectivity index (χ1) is 7.29. The monoisotopic (exact) mass is 247 g/mol. The van der Waals surface area contributed by atoms with Crippen molar-refractivity contribution in [2.75, 3.05) is 6.61 Å². The molecule has 0 aliphatic rings. The minimum absolute atomic E-state index is 0.0655. The number of rotatable bonds is 3. The molecule has 1 rings (SSSR count). The van der Waals surface area contributed by atoms with Crippen LogP contribution in [0.15, 0.2) is 30.3 Å². The molecule has 1 aromatic rings. The zero-order valence-electron chi connectivity index (χ0n) is 8.41. The SMILES string of the molecule is N=P(N)(O)O.NC(=O)COc1ccccc1. The lowest BCUT2D eigenvalue weighted by Gasteiger charge is -2.00. The van der Waals surface area contributed by atoms with Crippen molar-refractivity contribution < 1.29 is 19.3 Å². The van der Waals surface area contributed by atoms with Gasteiger partial charge in [0.15, 0.2) is 6.61 Å². The Bertz CT molecular complexity index is 357. The van der Waals surface area contributed by atoms with Gasteiger partial charge in [0.05, 0.1) is 0 Å². The number of amides is 1. The average Bonchev–Trinajstić information content (AvgIpc) is 2.14. The molecule has 0 aliphatic carbocycles. The highest BCUT2D eigenvalue weighted by molar-refractivity contribution is 7.50. The van der Waals surface area contributed by atoms with Crippen LogP contribution in [0.2, 0.25) is 0 Å². The molecule has 8 heteroatoms. The van der Waals surface area contributed by atoms with Gasteiger partial charge in [0, 0.05) is 0 Å². The normalized spacial score (nSPS) is 9.94. The van der Waals surface area contributed by atoms with E-state index in [1.807, 2.05) is 18.2 Å². The molecule has 16 heavy (non-hydrogen) atoms. The maximum absolute atomic E-state index is 10.3. The van der Waals surface area contributed by atoms with Crippen LogP contribution in [-0.2, 0) is 4.79 Å². The number of carbonyl (C=O) groups excluding carboxylic acids is 1. The zero-order chi connectivity index (χ0) is 12.6. The lowest BCUT2D eigenvalue weighted by atomic mass is 10.3. The van der Waals surface area contributed by atoms with E-state index in [0.29, 0.717) is 5.75 Å². The molecule has 0 fully saturated rings. The number of nitrogens with one attached hydrogen (secondary N) is 1. The number of primary amides is 1. The minimum Gasteiger partial charge on any atom is -0.484 e. The van der Waals surface area contributed by atoms with E-state index in [9.17, 15) is 4.79 Å². The molecule has 90 valence electrons. The molecule has 0 aromatic heterocycles. The van der Waals surface area contributed by atoms with Crippen molar-refractivity contribution in [1.29, 1.82) is 5.16 Å². The van der Waals surface area contributed by atoms with Crippen LogP contribution in [0.25, 0.3) is 0 Å². The first-order valence-corrected chi connectivity index (χ1v) is 5.90. The summed E-state index contributed by atoms with van der Waals surface area (Å²) in [5.74, 6) is 0.195. The van der Waals surface area contributed by atoms with Crippen LogP contribution in [0.3, 0.4) is 0 Å². The maximum Gasteiger partial charge on any atom is 0.276 e. The summed E-state index contributed by atoms with van der Waals surface area (Å²) in [7, 11) is -3.64. The van der Waals surface area contributed by atoms with Gasteiger partial charge in [-0.25, -0.2) is 0 Å². The number of para-hydroxylation sites is 1. The third-order valence-corrected chi connectivity index (χ3v) is 1.12. The highest BCUT2D eigenvalue weighted by atomic mass is 31.2. The van der Waals surface area contributed by atoms with E-state index in [2.05, 4.69) is 5.50 Å². The van der Waals surface area contributed by atoms with E-state index < -0.39 is 13.6 Å². The Hall–Kier alpha value is -1.40. The molecule has 0 atom stereocenters. The van der Waals surface area contributed by atoms with Crippen LogP contribution in [0.4, 0.5) is 0 Å². The summed E-state index contributed by atoms with van der Waals surface area (Å²) in [4.78, 5) is 25.5. The Morgan fingerprint density at radius 2 is 1.81 bits per heavy atom. The number of hydrogen-bond donors (Lipinski definition) is 5. The summed E-state index contributed by atoms with van der Waals surface area (Å²) in [6, 6.07) is 9.07. The predicted octanol–water partition coefficient (Wildman–Crippen LogP) is 0.00537. The Morgan fingerprint density at radius 3 is 2.19 bits per heavy atom. The van der Waals surface area contributed by atoms with Gasteiger partial charge < -0.3 is 20.3 Å². The second-order valence-electron chi connectivity index (χ2n) is 2.72. The van der Waals surface area contributed by atoms with Gasteiger partial charge in [-0.15, -0.1) is 0 Å². The average molecular weight is 247 g/mol. The highest BCUT2D eigenvalue weighted by Crippen LogP contribution is 2.21. The van der Waals surface area contributed by atoms with Gasteiger partial charge >= 0.3 is 0 Å². The quantitative estimate of drug-likeness (QED) is 0.478. The molecular weight excluding hydrogens is 233 g/mol. The second-order valence-corrected chi connectivity index (χ2v) is 4.02. The van der Waals surface area contributed by atoms with E-state index >= 15 is 0 Å². The number of hydrogen-bond acceptors (Lipinski definition) is 3. The fraction of sp³-hybridized carbons (Fsp3) is 0.125. The molecule has 0 aliphatic heterocycles. The first-order valence-electron chi connectivity index (χ1n) is 4.13. The summed E-state index contributed by atoms with van der Waals surface area (Å²) in [6.07, 6.45) is 0. The number of nitrogens with two attached hydrogens (primary N) is 2. The van der Waals surface area contributed by atoms with Crippen molar-refractivity contribution in [2.45, 2.75) is 0 Å². The third-order valence-electron chi connectivity index (χ3n) is 1.12. The summed E-state index contributed by atoms with van der Waals surface area (Å²) >= 11 is 0. The van der Waals surface area contributed by atoms with Crippen molar-refractivity contribution in [3.05, 3.63) is 30.3 Å². The van der Waals surface area contributed by atoms with E-state index in [4.69, 9.17) is 25.4 Å². The first kappa shape index (κ1) is 14.6. The smallest absolute Gasteiger partial charge is 0.276 e. The van der Waals surface area contributed by atoms with Crippen LogP contribution in [-0.4, -0.2) is 22.3 Å². The number of benzene rings is 1. The van der Waals surface area contributed by atoms with Crippen molar-refractivity contribution in [3.8, 4) is 5.75 Å². The zero-order valence-corrected chi connectivity index (χ0v) is 9.30. The van der Waals surface area contributed by atoms with Crippen LogP contribution in [0.5, 0.6) is 5.75 Å². The minimum atomic E-state index is -3.64. The van der Waals surface area contributed by atoms with Crippen molar-refractivity contribution >= 4 is 13.6 Å². The summed E-state index contributed by atoms with van der Waals surface area (Å²) < 4.78 is 4.99. The van der Waals surface area contributed by atoms with Gasteiger partial charge in [-0.3, -0.25) is 15.5 Å². The number of ether oxygens (including phenoxy) is 1. The summed E-state index contributed by atoms with van der Waals surface area (Å²) in [6.45, 7) is -0.0655. The highest BCUT2D eigenvalue weighted by Gasteiger charge is 1.94. The standard InChI is InChI=1S/C8H9NO2.H5N2O2P/c9-8(10)6-11-7-4-2-1-3-5-7;1-5(2,3)4/h1-5H,6H2,(H2,9,10);(H5,1,2,3,4). The molecule has 7 nitrogen and oxygen atoms in total. The van der Waals surface area contributed by atoms with Crippen LogP contribution >= 0.6 is 7.66 Å². The molecule has 0 unspecified atom stereocenters. The Labute approximate surface area is 92.7 Å². The Kier molecular flexibility index (Phi) is 6.36. The van der Waals surface area contributed by atoms with Gasteiger partial charge in [-0.1, -0.05) is 18.2 Å². The maximum atomic E-state index is 10.3. The Morgan fingerprint density at radius 1 is 1.38 bits per heavy atom. The lowest BCUT2D eigenvalue weighted by Crippen LogP contribution is -2.19. The predicted molar refractivity (Wildman–Crippen MR) is 59.4 cm³/mol. The number of carbonyl (C=O) groups is 1. The van der Waals surface area contributed by atoms with Crippen molar-refractivity contribution in [1.82, 2.24) is 0 Å². The van der Waals surface area contributed by atoms with E-state index in [-0.39, 0.29) is 6.61 Å². The fourth-order valence-electron chi connectivity index (χ4n) is 0.671. The third kappa shape index (κ3) is 12.6. The molecule has 1 aromatic carbocycles. The molecule has 0 radical (unpaired) electrons. The van der Waals surface area contributed by atoms with E-state index in [0.717, 1.165) is 0 Å². The summed E-state index contributed by atoms with van der Waals surface area (Å²) in [5.41, 5.74) is 9.12. The molecule has 0 saturated carbocycles. The molecule has 0 bridgehead atoms. The summed E-state index contributed by atoms with van der Waals surface area (Å²) in [5, 5.41) is 5.94. The van der Waals surface area contributed by atoms with Crippen LogP contribution in [0.1, 0.15) is 0 Å². The van der Waals surface area contributed by atoms with Gasteiger partial charge in [0.25, 0.3) is 13.6 Å². The van der Waals surface area contributed by atoms with Crippen LogP contribution in [0, 0.1) is 5.16 Å². The van der Waals surface area contributed by atoms with Gasteiger partial charge in [-0.05, 0) is 12.1 Å². The molecular formula is C8H14N3O4P. The van der Waals surface area contributed by atoms with E-state index in [1.54, 1.807) is 12.1 Å². The van der Waals surface area contributed by atoms with Gasteiger partial charge in [0.2, 0.25) is 0 Å². The fourth-order valence-corrected chi connectivity index (χ4v) is 0.671. The molecule has 0 heterocycles. The van der Waals surface area contributed by atoms with Gasteiger partial charge in [0.1, 0.15) is 5.75 Å². The topological polar surface area (TPSA) is 143 Å². The Balaban J connectivity index is 0.000000385. The van der Waals surface area contributed by atoms with Crippen molar-refractivity contribution in [2.24, 2.45) is 11.2 Å². The molecule has 1 amide bonds. The van der Waals surface area contributed by atoms with Crippen molar-refractivity contribution in [3.63, 3.8) is 0 Å².